The van der Waals surface area contributed by atoms with Crippen molar-refractivity contribution in [2.24, 2.45) is 0 Å². The van der Waals surface area contributed by atoms with Crippen LogP contribution in [0.2, 0.25) is 0 Å². The highest BCUT2D eigenvalue weighted by molar-refractivity contribution is 5.90. The van der Waals surface area contributed by atoms with E-state index in [0.29, 0.717) is 12.4 Å². The molecule has 22 heavy (non-hydrogen) atoms. The molecule has 2 N–H and O–H groups in total. The first-order valence-corrected chi connectivity index (χ1v) is 7.81. The molecule has 0 aliphatic carbocycles. The van der Waals surface area contributed by atoms with Crippen LogP contribution in [-0.4, -0.2) is 33.9 Å². The fourth-order valence-corrected chi connectivity index (χ4v) is 2.76. The zero-order chi connectivity index (χ0) is 15.4. The van der Waals surface area contributed by atoms with E-state index >= 15 is 0 Å². The molecule has 5 nitrogen and oxygen atoms in total. The van der Waals surface area contributed by atoms with Gasteiger partial charge in [-0.05, 0) is 44.0 Å². The average Bonchev–Trinajstić information content (AvgIpc) is 3.18. The molecule has 0 spiro atoms. The second-order valence-electron chi connectivity index (χ2n) is 5.90. The topological polar surface area (TPSA) is 61.0 Å². The molecule has 1 saturated heterocycles. The average molecular weight is 298 g/mol. The lowest BCUT2D eigenvalue weighted by molar-refractivity contribution is 0.0941. The Bertz CT molecular complexity index is 626. The summed E-state index contributed by atoms with van der Waals surface area (Å²) in [4.78, 5) is 21.4. The van der Waals surface area contributed by atoms with Gasteiger partial charge in [-0.2, -0.15) is 0 Å². The van der Waals surface area contributed by atoms with E-state index in [1.54, 1.807) is 6.20 Å². The Labute approximate surface area is 130 Å². The number of benzene rings is 1. The summed E-state index contributed by atoms with van der Waals surface area (Å²) in [6, 6.07) is 8.46. The molecular formula is C17H22N4O. The molecule has 0 radical (unpaired) electrons. The lowest BCUT2D eigenvalue weighted by Crippen LogP contribution is -2.24. The van der Waals surface area contributed by atoms with Gasteiger partial charge in [0, 0.05) is 25.0 Å². The first-order chi connectivity index (χ1) is 10.7. The summed E-state index contributed by atoms with van der Waals surface area (Å²) in [5, 5.41) is 2.88. The maximum absolute atomic E-state index is 11.9. The molecule has 1 fully saturated rings. The minimum absolute atomic E-state index is 0.172. The molecule has 0 bridgehead atoms. The highest BCUT2D eigenvalue weighted by atomic mass is 16.2. The van der Waals surface area contributed by atoms with Crippen LogP contribution in [0.3, 0.4) is 0 Å². The third-order valence-electron chi connectivity index (χ3n) is 4.00. The summed E-state index contributed by atoms with van der Waals surface area (Å²) in [6.07, 6.45) is 4.29. The van der Waals surface area contributed by atoms with Gasteiger partial charge in [-0.3, -0.25) is 9.69 Å². The van der Waals surface area contributed by atoms with E-state index in [0.717, 1.165) is 17.8 Å². The van der Waals surface area contributed by atoms with E-state index in [4.69, 9.17) is 0 Å². The van der Waals surface area contributed by atoms with Crippen molar-refractivity contribution in [3.63, 3.8) is 0 Å². The monoisotopic (exact) mass is 298 g/mol. The van der Waals surface area contributed by atoms with Gasteiger partial charge in [0.2, 0.25) is 0 Å². The standard InChI is InChI=1S/C17H22N4O/c1-13-10-18-16(20-13)17(22)19-11-14-4-6-15(7-5-14)12-21-8-2-3-9-21/h4-7,10H,2-3,8-9,11-12H2,1H3,(H,18,20)(H,19,22). The highest BCUT2D eigenvalue weighted by Crippen LogP contribution is 2.13. The first-order valence-electron chi connectivity index (χ1n) is 7.81. The Hall–Kier alpha value is -2.14. The Morgan fingerprint density at radius 3 is 2.55 bits per heavy atom. The van der Waals surface area contributed by atoms with Gasteiger partial charge >= 0.3 is 0 Å². The zero-order valence-electron chi connectivity index (χ0n) is 12.9. The van der Waals surface area contributed by atoms with Gasteiger partial charge in [0.15, 0.2) is 5.82 Å². The summed E-state index contributed by atoms with van der Waals surface area (Å²) in [6.45, 7) is 5.84. The number of aromatic nitrogens is 2. The zero-order valence-corrected chi connectivity index (χ0v) is 12.9. The molecule has 0 atom stereocenters. The predicted molar refractivity (Wildman–Crippen MR) is 85.4 cm³/mol. The molecule has 116 valence electrons. The number of aryl methyl sites for hydroxylation is 1. The van der Waals surface area contributed by atoms with Crippen molar-refractivity contribution in [2.75, 3.05) is 13.1 Å². The van der Waals surface area contributed by atoms with Crippen molar-refractivity contribution in [1.82, 2.24) is 20.2 Å². The molecule has 5 heteroatoms. The lowest BCUT2D eigenvalue weighted by Gasteiger charge is -2.14. The summed E-state index contributed by atoms with van der Waals surface area (Å²) in [5.41, 5.74) is 3.32. The number of hydrogen-bond donors (Lipinski definition) is 2. The van der Waals surface area contributed by atoms with Crippen molar-refractivity contribution >= 4 is 5.91 Å². The number of rotatable bonds is 5. The number of carbonyl (C=O) groups excluding carboxylic acids is 1. The molecular weight excluding hydrogens is 276 g/mol. The third-order valence-corrected chi connectivity index (χ3v) is 4.00. The van der Waals surface area contributed by atoms with Gasteiger partial charge in [-0.25, -0.2) is 4.98 Å². The highest BCUT2D eigenvalue weighted by Gasteiger charge is 2.12. The van der Waals surface area contributed by atoms with Crippen LogP contribution in [0.4, 0.5) is 0 Å². The molecule has 1 aliphatic heterocycles. The largest absolute Gasteiger partial charge is 0.345 e. The van der Waals surface area contributed by atoms with Crippen molar-refractivity contribution in [2.45, 2.75) is 32.9 Å². The van der Waals surface area contributed by atoms with Crippen LogP contribution >= 0.6 is 0 Å². The quantitative estimate of drug-likeness (QED) is 0.890. The first kappa shape index (κ1) is 14.8. The molecule has 1 aromatic carbocycles. The number of imidazole rings is 1. The van der Waals surface area contributed by atoms with Crippen LogP contribution in [0.1, 0.15) is 40.3 Å². The van der Waals surface area contributed by atoms with Gasteiger partial charge in [-0.15, -0.1) is 0 Å². The van der Waals surface area contributed by atoms with Gasteiger partial charge in [0.1, 0.15) is 0 Å². The molecule has 1 amide bonds. The maximum atomic E-state index is 11.9. The van der Waals surface area contributed by atoms with Crippen LogP contribution in [-0.2, 0) is 13.1 Å². The van der Waals surface area contributed by atoms with Gasteiger partial charge in [0.05, 0.1) is 0 Å². The molecule has 0 saturated carbocycles. The van der Waals surface area contributed by atoms with E-state index in [1.807, 2.05) is 6.92 Å². The van der Waals surface area contributed by atoms with Crippen molar-refractivity contribution in [3.05, 3.63) is 53.1 Å². The van der Waals surface area contributed by atoms with E-state index in [2.05, 4.69) is 44.5 Å². The molecule has 2 heterocycles. The number of H-pyrrole nitrogens is 1. The molecule has 0 unspecified atom stereocenters. The summed E-state index contributed by atoms with van der Waals surface area (Å²) < 4.78 is 0. The van der Waals surface area contributed by atoms with Crippen LogP contribution in [0, 0.1) is 6.92 Å². The Balaban J connectivity index is 1.51. The van der Waals surface area contributed by atoms with Crippen molar-refractivity contribution in [1.29, 1.82) is 0 Å². The van der Waals surface area contributed by atoms with Crippen molar-refractivity contribution < 1.29 is 4.79 Å². The van der Waals surface area contributed by atoms with Crippen LogP contribution in [0.25, 0.3) is 0 Å². The number of nitrogens with zero attached hydrogens (tertiary/aromatic N) is 2. The number of nitrogens with one attached hydrogen (secondary N) is 2. The molecule has 2 aromatic rings. The number of carbonyl (C=O) groups is 1. The molecule has 1 aliphatic rings. The number of amides is 1. The van der Waals surface area contributed by atoms with E-state index in [-0.39, 0.29) is 5.91 Å². The normalized spacial score (nSPS) is 15.1. The van der Waals surface area contributed by atoms with Crippen LogP contribution in [0.15, 0.2) is 30.5 Å². The van der Waals surface area contributed by atoms with E-state index in [9.17, 15) is 4.79 Å². The van der Waals surface area contributed by atoms with E-state index in [1.165, 1.54) is 31.5 Å². The minimum Gasteiger partial charge on any atom is -0.345 e. The maximum Gasteiger partial charge on any atom is 0.287 e. The fraction of sp³-hybridized carbons (Fsp3) is 0.412. The van der Waals surface area contributed by atoms with E-state index < -0.39 is 0 Å². The summed E-state index contributed by atoms with van der Waals surface area (Å²) in [7, 11) is 0. The Morgan fingerprint density at radius 2 is 1.91 bits per heavy atom. The molecule has 1 aromatic heterocycles. The Morgan fingerprint density at radius 1 is 1.23 bits per heavy atom. The predicted octanol–water partition coefficient (Wildman–Crippen LogP) is 2.24. The second-order valence-corrected chi connectivity index (χ2v) is 5.90. The van der Waals surface area contributed by atoms with Gasteiger partial charge < -0.3 is 10.3 Å². The van der Waals surface area contributed by atoms with Crippen LogP contribution in [0.5, 0.6) is 0 Å². The SMILES string of the molecule is Cc1cnc(C(=O)NCc2ccc(CN3CCCC3)cc2)[nH]1. The van der Waals surface area contributed by atoms with Crippen LogP contribution < -0.4 is 5.32 Å². The van der Waals surface area contributed by atoms with Gasteiger partial charge in [0.25, 0.3) is 5.91 Å². The van der Waals surface area contributed by atoms with Crippen molar-refractivity contribution in [3.8, 4) is 0 Å². The third kappa shape index (κ3) is 3.74. The lowest BCUT2D eigenvalue weighted by atomic mass is 10.1. The second kappa shape index (κ2) is 6.75. The number of hydrogen-bond acceptors (Lipinski definition) is 3. The summed E-state index contributed by atoms with van der Waals surface area (Å²) in [5.74, 6) is 0.192. The number of aromatic amines is 1. The smallest absolute Gasteiger partial charge is 0.287 e. The number of likely N-dealkylation sites (tertiary alicyclic amines) is 1. The fourth-order valence-electron chi connectivity index (χ4n) is 2.76. The summed E-state index contributed by atoms with van der Waals surface area (Å²) >= 11 is 0. The van der Waals surface area contributed by atoms with Gasteiger partial charge in [-0.1, -0.05) is 24.3 Å². The Kier molecular flexibility index (Phi) is 4.53. The minimum atomic E-state index is -0.172. The molecule has 3 rings (SSSR count).